The van der Waals surface area contributed by atoms with Crippen molar-refractivity contribution in [2.75, 3.05) is 26.7 Å². The lowest BCUT2D eigenvalue weighted by atomic mass is 9.88. The zero-order chi connectivity index (χ0) is 14.4. The van der Waals surface area contributed by atoms with E-state index in [4.69, 9.17) is 10.5 Å². The number of carbonyl (C=O) groups excluding carboxylic acids is 1. The molecule has 1 aromatic rings. The van der Waals surface area contributed by atoms with Gasteiger partial charge in [-0.2, -0.15) is 0 Å². The fraction of sp³-hybridized carbons (Fsp3) is 0.562. The second kappa shape index (κ2) is 7.29. The molecular formula is C16H24N2O2. The van der Waals surface area contributed by atoms with Crippen molar-refractivity contribution < 1.29 is 9.53 Å². The molecule has 1 amide bonds. The van der Waals surface area contributed by atoms with Gasteiger partial charge in [-0.25, -0.2) is 0 Å². The number of likely N-dealkylation sites (tertiary alicyclic amines) is 1. The highest BCUT2D eigenvalue weighted by Gasteiger charge is 2.24. The number of hydrogen-bond donors (Lipinski definition) is 1. The van der Waals surface area contributed by atoms with E-state index < -0.39 is 0 Å². The predicted octanol–water partition coefficient (Wildman–Crippen LogP) is 2.14. The summed E-state index contributed by atoms with van der Waals surface area (Å²) >= 11 is 0. The third-order valence-corrected chi connectivity index (χ3v) is 4.02. The van der Waals surface area contributed by atoms with Crippen LogP contribution in [0.15, 0.2) is 24.3 Å². The normalized spacial score (nSPS) is 16.2. The molecule has 4 heteroatoms. The third-order valence-electron chi connectivity index (χ3n) is 4.02. The number of para-hydroxylation sites is 1. The number of amides is 1. The molecule has 1 aliphatic rings. The van der Waals surface area contributed by atoms with Gasteiger partial charge >= 0.3 is 0 Å². The molecule has 1 heterocycles. The zero-order valence-electron chi connectivity index (χ0n) is 12.2. The number of piperidine rings is 1. The lowest BCUT2D eigenvalue weighted by Gasteiger charge is -2.32. The minimum Gasteiger partial charge on any atom is -0.496 e. The Kier molecular flexibility index (Phi) is 5.41. The van der Waals surface area contributed by atoms with Crippen molar-refractivity contribution in [1.82, 2.24) is 4.90 Å². The Morgan fingerprint density at radius 3 is 2.70 bits per heavy atom. The largest absolute Gasteiger partial charge is 0.496 e. The molecule has 1 saturated heterocycles. The quantitative estimate of drug-likeness (QED) is 0.896. The molecule has 110 valence electrons. The van der Waals surface area contributed by atoms with Gasteiger partial charge in [-0.3, -0.25) is 4.79 Å². The van der Waals surface area contributed by atoms with Crippen molar-refractivity contribution >= 4 is 5.91 Å². The van der Waals surface area contributed by atoms with Crippen LogP contribution < -0.4 is 10.5 Å². The number of nitrogens with zero attached hydrogens (tertiary/aromatic N) is 1. The van der Waals surface area contributed by atoms with Gasteiger partial charge in [0.1, 0.15) is 5.75 Å². The van der Waals surface area contributed by atoms with Crippen molar-refractivity contribution in [3.63, 3.8) is 0 Å². The Balaban J connectivity index is 1.92. The van der Waals surface area contributed by atoms with E-state index >= 15 is 0 Å². The maximum absolute atomic E-state index is 12.0. The first-order chi connectivity index (χ1) is 9.76. The number of methoxy groups -OCH3 is 1. The minimum atomic E-state index is 0.244. The van der Waals surface area contributed by atoms with Crippen molar-refractivity contribution in [3.8, 4) is 5.75 Å². The van der Waals surface area contributed by atoms with E-state index in [0.717, 1.165) is 38.1 Å². The number of hydrogen-bond acceptors (Lipinski definition) is 3. The fourth-order valence-corrected chi connectivity index (χ4v) is 2.85. The first-order valence-corrected chi connectivity index (χ1v) is 7.37. The smallest absolute Gasteiger partial charge is 0.222 e. The molecule has 4 nitrogen and oxygen atoms in total. The molecule has 1 aromatic carbocycles. The van der Waals surface area contributed by atoms with Crippen LogP contribution in [0.2, 0.25) is 0 Å². The SMILES string of the molecule is COc1ccccc1C1CCN(C(=O)CCCN)CC1. The molecule has 2 N–H and O–H groups in total. The van der Waals surface area contributed by atoms with Crippen LogP contribution in [0.5, 0.6) is 5.75 Å². The molecule has 0 aliphatic carbocycles. The average molecular weight is 276 g/mol. The summed E-state index contributed by atoms with van der Waals surface area (Å²) in [5.41, 5.74) is 6.72. The zero-order valence-corrected chi connectivity index (χ0v) is 12.2. The van der Waals surface area contributed by atoms with Gasteiger partial charge in [0.25, 0.3) is 0 Å². The standard InChI is InChI=1S/C16H24N2O2/c1-20-15-6-3-2-5-14(15)13-8-11-18(12-9-13)16(19)7-4-10-17/h2-3,5-6,13H,4,7-12,17H2,1H3. The van der Waals surface area contributed by atoms with Crippen molar-refractivity contribution in [2.45, 2.75) is 31.6 Å². The molecule has 2 rings (SSSR count). The number of rotatable bonds is 5. The van der Waals surface area contributed by atoms with Crippen LogP contribution in [0, 0.1) is 0 Å². The van der Waals surface area contributed by atoms with Gasteiger partial charge in [-0.1, -0.05) is 18.2 Å². The molecule has 1 aliphatic heterocycles. The highest BCUT2D eigenvalue weighted by Crippen LogP contribution is 2.34. The third kappa shape index (κ3) is 3.51. The van der Waals surface area contributed by atoms with Crippen LogP contribution >= 0.6 is 0 Å². The molecule has 0 radical (unpaired) electrons. The summed E-state index contributed by atoms with van der Waals surface area (Å²) in [5, 5.41) is 0. The van der Waals surface area contributed by atoms with E-state index in [-0.39, 0.29) is 5.91 Å². The number of ether oxygens (including phenoxy) is 1. The molecule has 1 fully saturated rings. The number of carbonyl (C=O) groups is 1. The summed E-state index contributed by atoms with van der Waals surface area (Å²) in [4.78, 5) is 13.9. The first-order valence-electron chi connectivity index (χ1n) is 7.37. The van der Waals surface area contributed by atoms with Crippen LogP contribution in [0.4, 0.5) is 0 Å². The molecular weight excluding hydrogens is 252 g/mol. The highest BCUT2D eigenvalue weighted by molar-refractivity contribution is 5.76. The molecule has 0 spiro atoms. The van der Waals surface area contributed by atoms with E-state index in [1.54, 1.807) is 7.11 Å². The Hall–Kier alpha value is -1.55. The number of benzene rings is 1. The van der Waals surface area contributed by atoms with E-state index in [0.29, 0.717) is 18.9 Å². The summed E-state index contributed by atoms with van der Waals surface area (Å²) in [7, 11) is 1.71. The van der Waals surface area contributed by atoms with E-state index in [2.05, 4.69) is 12.1 Å². The van der Waals surface area contributed by atoms with Crippen LogP contribution in [0.25, 0.3) is 0 Å². The predicted molar refractivity (Wildman–Crippen MR) is 79.8 cm³/mol. The maximum Gasteiger partial charge on any atom is 0.222 e. The van der Waals surface area contributed by atoms with Gasteiger partial charge in [0.05, 0.1) is 7.11 Å². The summed E-state index contributed by atoms with van der Waals surface area (Å²) < 4.78 is 5.43. The average Bonchev–Trinajstić information content (AvgIpc) is 2.52. The minimum absolute atomic E-state index is 0.244. The first kappa shape index (κ1) is 14.9. The highest BCUT2D eigenvalue weighted by atomic mass is 16.5. The van der Waals surface area contributed by atoms with Crippen molar-refractivity contribution in [1.29, 1.82) is 0 Å². The van der Waals surface area contributed by atoms with Crippen LogP contribution in [0.3, 0.4) is 0 Å². The summed E-state index contributed by atoms with van der Waals surface area (Å²) in [6.45, 7) is 2.27. The molecule has 0 aromatic heterocycles. The monoisotopic (exact) mass is 276 g/mol. The van der Waals surface area contributed by atoms with E-state index in [1.165, 1.54) is 5.56 Å². The Morgan fingerprint density at radius 1 is 1.35 bits per heavy atom. The van der Waals surface area contributed by atoms with Gasteiger partial charge < -0.3 is 15.4 Å². The molecule has 0 bridgehead atoms. The van der Waals surface area contributed by atoms with Crippen molar-refractivity contribution in [2.24, 2.45) is 5.73 Å². The van der Waals surface area contributed by atoms with Gasteiger partial charge in [0, 0.05) is 19.5 Å². The molecule has 20 heavy (non-hydrogen) atoms. The van der Waals surface area contributed by atoms with Gasteiger partial charge in [-0.05, 0) is 43.4 Å². The lowest BCUT2D eigenvalue weighted by Crippen LogP contribution is -2.38. The van der Waals surface area contributed by atoms with E-state index in [9.17, 15) is 4.79 Å². The molecule has 0 saturated carbocycles. The molecule has 0 unspecified atom stereocenters. The van der Waals surface area contributed by atoms with Gasteiger partial charge in [0.2, 0.25) is 5.91 Å². The van der Waals surface area contributed by atoms with Crippen LogP contribution in [-0.2, 0) is 4.79 Å². The van der Waals surface area contributed by atoms with Gasteiger partial charge in [0.15, 0.2) is 0 Å². The second-order valence-electron chi connectivity index (χ2n) is 5.29. The maximum atomic E-state index is 12.0. The Morgan fingerprint density at radius 2 is 2.05 bits per heavy atom. The van der Waals surface area contributed by atoms with Gasteiger partial charge in [-0.15, -0.1) is 0 Å². The topological polar surface area (TPSA) is 55.6 Å². The second-order valence-corrected chi connectivity index (χ2v) is 5.29. The van der Waals surface area contributed by atoms with Crippen LogP contribution in [0.1, 0.15) is 37.2 Å². The van der Waals surface area contributed by atoms with E-state index in [1.807, 2.05) is 17.0 Å². The van der Waals surface area contributed by atoms with Crippen LogP contribution in [-0.4, -0.2) is 37.6 Å². The Labute approximate surface area is 120 Å². The lowest BCUT2D eigenvalue weighted by molar-refractivity contribution is -0.132. The Bertz CT molecular complexity index is 440. The molecule has 0 atom stereocenters. The fourth-order valence-electron chi connectivity index (χ4n) is 2.85. The summed E-state index contributed by atoms with van der Waals surface area (Å²) in [5.74, 6) is 1.69. The summed E-state index contributed by atoms with van der Waals surface area (Å²) in [6.07, 6.45) is 3.38. The van der Waals surface area contributed by atoms with Crippen molar-refractivity contribution in [3.05, 3.63) is 29.8 Å². The number of nitrogens with two attached hydrogens (primary N) is 1. The summed E-state index contributed by atoms with van der Waals surface area (Å²) in [6, 6.07) is 8.19.